The SMILES string of the molecule is CCNC(=NCC(C)CN1CCOCC1)N1CCC(Oc2ccccc2)CC1.I. The quantitative estimate of drug-likeness (QED) is 0.343. The van der Waals surface area contributed by atoms with Gasteiger partial charge >= 0.3 is 0 Å². The third kappa shape index (κ3) is 8.30. The highest BCUT2D eigenvalue weighted by Crippen LogP contribution is 2.18. The number of nitrogens with one attached hydrogen (secondary N) is 1. The molecule has 1 aromatic carbocycles. The Kier molecular flexibility index (Phi) is 11.1. The molecular weight excluding hydrogens is 479 g/mol. The minimum Gasteiger partial charge on any atom is -0.490 e. The maximum Gasteiger partial charge on any atom is 0.193 e. The number of nitrogens with zero attached hydrogens (tertiary/aromatic N) is 3. The van der Waals surface area contributed by atoms with Crippen LogP contribution in [0.1, 0.15) is 26.7 Å². The number of likely N-dealkylation sites (tertiary alicyclic amines) is 1. The monoisotopic (exact) mass is 516 g/mol. The summed E-state index contributed by atoms with van der Waals surface area (Å²) in [6, 6.07) is 10.1. The molecule has 164 valence electrons. The fourth-order valence-corrected chi connectivity index (χ4v) is 3.83. The van der Waals surface area contributed by atoms with Crippen molar-refractivity contribution in [3.8, 4) is 5.75 Å². The van der Waals surface area contributed by atoms with Gasteiger partial charge in [-0.25, -0.2) is 0 Å². The Morgan fingerprint density at radius 2 is 1.86 bits per heavy atom. The molecule has 0 aliphatic carbocycles. The number of piperidine rings is 1. The van der Waals surface area contributed by atoms with E-state index in [1.54, 1.807) is 0 Å². The highest BCUT2D eigenvalue weighted by molar-refractivity contribution is 14.0. The molecule has 7 heteroatoms. The molecule has 0 spiro atoms. The van der Waals surface area contributed by atoms with Crippen molar-refractivity contribution < 1.29 is 9.47 Å². The molecule has 6 nitrogen and oxygen atoms in total. The maximum absolute atomic E-state index is 6.12. The van der Waals surface area contributed by atoms with Gasteiger partial charge in [-0.1, -0.05) is 25.1 Å². The van der Waals surface area contributed by atoms with Gasteiger partial charge in [0.1, 0.15) is 11.9 Å². The second kappa shape index (κ2) is 13.3. The molecule has 1 aromatic rings. The summed E-state index contributed by atoms with van der Waals surface area (Å²) in [5.74, 6) is 2.57. The van der Waals surface area contributed by atoms with E-state index in [9.17, 15) is 0 Å². The van der Waals surface area contributed by atoms with Crippen molar-refractivity contribution in [3.05, 3.63) is 30.3 Å². The van der Waals surface area contributed by atoms with Crippen molar-refractivity contribution in [2.24, 2.45) is 10.9 Å². The van der Waals surface area contributed by atoms with Crippen LogP contribution in [0.2, 0.25) is 0 Å². The molecule has 0 radical (unpaired) electrons. The zero-order valence-electron chi connectivity index (χ0n) is 17.9. The van der Waals surface area contributed by atoms with Crippen LogP contribution < -0.4 is 10.1 Å². The van der Waals surface area contributed by atoms with Crippen molar-refractivity contribution in [2.75, 3.05) is 59.0 Å². The summed E-state index contributed by atoms with van der Waals surface area (Å²) in [6.07, 6.45) is 2.35. The summed E-state index contributed by atoms with van der Waals surface area (Å²) in [5, 5.41) is 3.48. The number of guanidine groups is 1. The molecule has 2 heterocycles. The number of hydrogen-bond donors (Lipinski definition) is 1. The van der Waals surface area contributed by atoms with Crippen LogP contribution >= 0.6 is 24.0 Å². The number of para-hydroxylation sites is 1. The van der Waals surface area contributed by atoms with Crippen LogP contribution in [0.15, 0.2) is 35.3 Å². The van der Waals surface area contributed by atoms with Crippen LogP contribution in [0.3, 0.4) is 0 Å². The van der Waals surface area contributed by atoms with Crippen molar-refractivity contribution in [3.63, 3.8) is 0 Å². The highest BCUT2D eigenvalue weighted by Gasteiger charge is 2.23. The van der Waals surface area contributed by atoms with Crippen molar-refractivity contribution >= 4 is 29.9 Å². The average molecular weight is 516 g/mol. The van der Waals surface area contributed by atoms with E-state index >= 15 is 0 Å². The lowest BCUT2D eigenvalue weighted by atomic mass is 10.1. The van der Waals surface area contributed by atoms with E-state index < -0.39 is 0 Å². The first-order valence-corrected chi connectivity index (χ1v) is 10.8. The molecule has 2 fully saturated rings. The molecule has 1 atom stereocenters. The van der Waals surface area contributed by atoms with Gasteiger partial charge in [0.05, 0.1) is 13.2 Å². The van der Waals surface area contributed by atoms with E-state index in [1.165, 1.54) is 0 Å². The van der Waals surface area contributed by atoms with Crippen LogP contribution in [-0.4, -0.2) is 80.9 Å². The minimum atomic E-state index is 0. The van der Waals surface area contributed by atoms with Crippen molar-refractivity contribution in [2.45, 2.75) is 32.8 Å². The molecule has 1 N–H and O–H groups in total. The third-order valence-electron chi connectivity index (χ3n) is 5.35. The highest BCUT2D eigenvalue weighted by atomic mass is 127. The summed E-state index contributed by atoms with van der Waals surface area (Å²) in [5.41, 5.74) is 0. The number of benzene rings is 1. The van der Waals surface area contributed by atoms with E-state index in [1.807, 2.05) is 30.3 Å². The Labute approximate surface area is 193 Å². The van der Waals surface area contributed by atoms with E-state index in [0.717, 1.165) is 83.6 Å². The maximum atomic E-state index is 6.12. The first-order chi connectivity index (χ1) is 13.7. The summed E-state index contributed by atoms with van der Waals surface area (Å²) < 4.78 is 11.6. The van der Waals surface area contributed by atoms with E-state index in [2.05, 4.69) is 29.0 Å². The van der Waals surface area contributed by atoms with Crippen molar-refractivity contribution in [1.82, 2.24) is 15.1 Å². The second-order valence-corrected chi connectivity index (χ2v) is 7.83. The minimum absolute atomic E-state index is 0. The fourth-order valence-electron chi connectivity index (χ4n) is 3.83. The number of aliphatic imine (C=N–C) groups is 1. The van der Waals surface area contributed by atoms with Gasteiger partial charge in [0.15, 0.2) is 5.96 Å². The molecule has 0 bridgehead atoms. The third-order valence-corrected chi connectivity index (χ3v) is 5.35. The zero-order valence-corrected chi connectivity index (χ0v) is 20.2. The number of ether oxygens (including phenoxy) is 2. The van der Waals surface area contributed by atoms with E-state index in [4.69, 9.17) is 14.5 Å². The normalized spacial score (nSPS) is 20.1. The van der Waals surface area contributed by atoms with E-state index in [0.29, 0.717) is 12.0 Å². The predicted octanol–water partition coefficient (Wildman–Crippen LogP) is 3.08. The Morgan fingerprint density at radius 3 is 2.52 bits per heavy atom. The Hall–Kier alpha value is -1.06. The van der Waals surface area contributed by atoms with Crippen LogP contribution in [0, 0.1) is 5.92 Å². The summed E-state index contributed by atoms with van der Waals surface area (Å²) in [4.78, 5) is 9.82. The Morgan fingerprint density at radius 1 is 1.17 bits per heavy atom. The topological polar surface area (TPSA) is 49.3 Å². The lowest BCUT2D eigenvalue weighted by Crippen LogP contribution is -2.47. The summed E-state index contributed by atoms with van der Waals surface area (Å²) in [7, 11) is 0. The standard InChI is InChI=1S/C22H36N4O2.HI/c1-3-23-22(24-17-19(2)18-25-13-15-27-16-14-25)26-11-9-21(10-12-26)28-20-7-5-4-6-8-20;/h4-8,19,21H,3,9-18H2,1-2H3,(H,23,24);1H. The lowest BCUT2D eigenvalue weighted by Gasteiger charge is -2.34. The van der Waals surface area contributed by atoms with Gasteiger partial charge in [-0.15, -0.1) is 24.0 Å². The molecule has 1 unspecified atom stereocenters. The Balaban J connectivity index is 0.00000300. The molecule has 0 aromatic heterocycles. The molecule has 2 aliphatic rings. The number of hydrogen-bond acceptors (Lipinski definition) is 4. The van der Waals surface area contributed by atoms with Gasteiger partial charge in [-0.3, -0.25) is 9.89 Å². The average Bonchev–Trinajstić information content (AvgIpc) is 2.73. The predicted molar refractivity (Wildman–Crippen MR) is 129 cm³/mol. The molecule has 2 saturated heterocycles. The summed E-state index contributed by atoms with van der Waals surface area (Å²) >= 11 is 0. The lowest BCUT2D eigenvalue weighted by molar-refractivity contribution is 0.0323. The molecule has 0 saturated carbocycles. The van der Waals surface area contributed by atoms with Gasteiger partial charge in [-0.05, 0) is 25.0 Å². The fraction of sp³-hybridized carbons (Fsp3) is 0.682. The number of rotatable bonds is 7. The number of morpholine rings is 1. The first kappa shape index (κ1) is 24.2. The van der Waals surface area contributed by atoms with Gasteiger partial charge in [-0.2, -0.15) is 0 Å². The smallest absolute Gasteiger partial charge is 0.193 e. The van der Waals surface area contributed by atoms with Gasteiger partial charge in [0.2, 0.25) is 0 Å². The van der Waals surface area contributed by atoms with Crippen LogP contribution in [0.25, 0.3) is 0 Å². The molecule has 3 rings (SSSR count). The first-order valence-electron chi connectivity index (χ1n) is 10.8. The molecule has 2 aliphatic heterocycles. The van der Waals surface area contributed by atoms with E-state index in [-0.39, 0.29) is 24.0 Å². The molecular formula is C22H37IN4O2. The molecule has 29 heavy (non-hydrogen) atoms. The van der Waals surface area contributed by atoms with Crippen molar-refractivity contribution in [1.29, 1.82) is 0 Å². The van der Waals surface area contributed by atoms with Gasteiger partial charge in [0.25, 0.3) is 0 Å². The van der Waals surface area contributed by atoms with Gasteiger partial charge < -0.3 is 19.7 Å². The molecule has 0 amide bonds. The summed E-state index contributed by atoms with van der Waals surface area (Å²) in [6.45, 7) is 13.1. The van der Waals surface area contributed by atoms with Gasteiger partial charge in [0, 0.05) is 58.7 Å². The largest absolute Gasteiger partial charge is 0.490 e. The van der Waals surface area contributed by atoms with Crippen LogP contribution in [0.4, 0.5) is 0 Å². The Bertz CT molecular complexity index is 588. The zero-order chi connectivity index (χ0) is 19.6. The second-order valence-electron chi connectivity index (χ2n) is 7.83. The number of halogens is 1. The van der Waals surface area contributed by atoms with Crippen LogP contribution in [-0.2, 0) is 4.74 Å². The van der Waals surface area contributed by atoms with Crippen LogP contribution in [0.5, 0.6) is 5.75 Å².